The van der Waals surface area contributed by atoms with Crippen LogP contribution in [0.15, 0.2) is 24.3 Å². The van der Waals surface area contributed by atoms with Gasteiger partial charge < -0.3 is 5.32 Å². The highest BCUT2D eigenvalue weighted by Crippen LogP contribution is 2.25. The largest absolute Gasteiger partial charge is 0.319 e. The number of rotatable bonds is 3. The van der Waals surface area contributed by atoms with E-state index in [9.17, 15) is 9.59 Å². The lowest BCUT2D eigenvalue weighted by Gasteiger charge is -2.13. The van der Waals surface area contributed by atoms with E-state index in [2.05, 4.69) is 10.4 Å². The molecule has 2 aromatic rings. The third kappa shape index (κ3) is 3.79. The fourth-order valence-corrected chi connectivity index (χ4v) is 2.24. The second kappa shape index (κ2) is 6.16. The standard InChI is InChI=1S/C17H20ClN3O2/c1-10(22)11-6-7-12(18)13(8-11)19-16(23)14-9-15(17(2,3)4)20-21(14)5/h6-9H,1-5H3,(H,19,23). The van der Waals surface area contributed by atoms with Crippen molar-refractivity contribution in [2.45, 2.75) is 33.1 Å². The van der Waals surface area contributed by atoms with Crippen LogP contribution in [0.3, 0.4) is 0 Å². The molecule has 122 valence electrons. The quantitative estimate of drug-likeness (QED) is 0.868. The van der Waals surface area contributed by atoms with Crippen molar-refractivity contribution in [3.63, 3.8) is 0 Å². The SMILES string of the molecule is CC(=O)c1ccc(Cl)c(NC(=O)c2cc(C(C)(C)C)nn2C)c1. The zero-order chi connectivity index (χ0) is 17.4. The predicted molar refractivity (Wildman–Crippen MR) is 91.3 cm³/mol. The number of benzene rings is 1. The number of nitrogens with zero attached hydrogens (tertiary/aromatic N) is 2. The van der Waals surface area contributed by atoms with Crippen molar-refractivity contribution >= 4 is 29.0 Å². The Balaban J connectivity index is 2.31. The summed E-state index contributed by atoms with van der Waals surface area (Å²) in [6, 6.07) is 6.56. The van der Waals surface area contributed by atoms with Crippen molar-refractivity contribution in [1.82, 2.24) is 9.78 Å². The molecule has 1 heterocycles. The molecule has 0 spiro atoms. The van der Waals surface area contributed by atoms with Crippen molar-refractivity contribution in [3.05, 3.63) is 46.2 Å². The zero-order valence-electron chi connectivity index (χ0n) is 13.9. The summed E-state index contributed by atoms with van der Waals surface area (Å²) in [5.74, 6) is -0.411. The summed E-state index contributed by atoms with van der Waals surface area (Å²) in [6.07, 6.45) is 0. The molecule has 5 nitrogen and oxygen atoms in total. The summed E-state index contributed by atoms with van der Waals surface area (Å²) in [5, 5.41) is 7.50. The van der Waals surface area contributed by atoms with Gasteiger partial charge in [0.2, 0.25) is 0 Å². The fourth-order valence-electron chi connectivity index (χ4n) is 2.07. The molecule has 0 unspecified atom stereocenters. The number of aromatic nitrogens is 2. The molecule has 0 aliphatic heterocycles. The van der Waals surface area contributed by atoms with E-state index in [1.165, 1.54) is 6.92 Å². The first-order valence-electron chi connectivity index (χ1n) is 7.26. The lowest BCUT2D eigenvalue weighted by Crippen LogP contribution is -2.16. The Morgan fingerprint density at radius 1 is 1.22 bits per heavy atom. The van der Waals surface area contributed by atoms with E-state index < -0.39 is 0 Å². The number of hydrogen-bond donors (Lipinski definition) is 1. The number of nitrogens with one attached hydrogen (secondary N) is 1. The van der Waals surface area contributed by atoms with Crippen molar-refractivity contribution < 1.29 is 9.59 Å². The summed E-state index contributed by atoms with van der Waals surface area (Å²) in [5.41, 5.74) is 2.00. The van der Waals surface area contributed by atoms with Gasteiger partial charge in [-0.15, -0.1) is 0 Å². The van der Waals surface area contributed by atoms with Gasteiger partial charge in [-0.3, -0.25) is 14.3 Å². The third-order valence-corrected chi connectivity index (χ3v) is 3.83. The Bertz CT molecular complexity index is 773. The Morgan fingerprint density at radius 3 is 2.39 bits per heavy atom. The lowest BCUT2D eigenvalue weighted by molar-refractivity contribution is 0.100. The van der Waals surface area contributed by atoms with Crippen LogP contribution < -0.4 is 5.32 Å². The van der Waals surface area contributed by atoms with Gasteiger partial charge in [-0.25, -0.2) is 0 Å². The molecule has 0 fully saturated rings. The van der Waals surface area contributed by atoms with Gasteiger partial charge in [0.05, 0.1) is 16.4 Å². The summed E-state index contributed by atoms with van der Waals surface area (Å²) in [4.78, 5) is 24.0. The number of carbonyl (C=O) groups is 2. The normalized spacial score (nSPS) is 11.4. The molecule has 1 aromatic heterocycles. The Kier molecular flexibility index (Phi) is 4.61. The molecule has 0 radical (unpaired) electrons. The maximum atomic E-state index is 12.5. The van der Waals surface area contributed by atoms with Crippen LogP contribution in [0.5, 0.6) is 0 Å². The van der Waals surface area contributed by atoms with Crippen LogP contribution in [0.4, 0.5) is 5.69 Å². The first-order valence-corrected chi connectivity index (χ1v) is 7.64. The van der Waals surface area contributed by atoms with Gasteiger partial charge in [-0.1, -0.05) is 32.4 Å². The van der Waals surface area contributed by atoms with Crippen LogP contribution in [0.1, 0.15) is 54.2 Å². The monoisotopic (exact) mass is 333 g/mol. The summed E-state index contributed by atoms with van der Waals surface area (Å²) in [6.45, 7) is 7.56. The van der Waals surface area contributed by atoms with Gasteiger partial charge in [0.25, 0.3) is 5.91 Å². The van der Waals surface area contributed by atoms with Crippen molar-refractivity contribution in [3.8, 4) is 0 Å². The minimum Gasteiger partial charge on any atom is -0.319 e. The van der Waals surface area contributed by atoms with Crippen LogP contribution in [0.25, 0.3) is 0 Å². The van der Waals surface area contributed by atoms with E-state index in [0.29, 0.717) is 22.0 Å². The minimum absolute atomic E-state index is 0.0901. The topological polar surface area (TPSA) is 64.0 Å². The average molecular weight is 334 g/mol. The predicted octanol–water partition coefficient (Wildman–Crippen LogP) is 3.83. The van der Waals surface area contributed by atoms with E-state index in [1.807, 2.05) is 20.8 Å². The van der Waals surface area contributed by atoms with Gasteiger partial charge in [-0.05, 0) is 31.2 Å². The van der Waals surface area contributed by atoms with Crippen LogP contribution in [-0.2, 0) is 12.5 Å². The molecular formula is C17H20ClN3O2. The average Bonchev–Trinajstić information content (AvgIpc) is 2.83. The van der Waals surface area contributed by atoms with Crippen LogP contribution in [0, 0.1) is 0 Å². The molecule has 0 aliphatic carbocycles. The van der Waals surface area contributed by atoms with Crippen LogP contribution >= 0.6 is 11.6 Å². The van der Waals surface area contributed by atoms with Crippen molar-refractivity contribution in [2.75, 3.05) is 5.32 Å². The van der Waals surface area contributed by atoms with Gasteiger partial charge in [0.1, 0.15) is 5.69 Å². The molecule has 23 heavy (non-hydrogen) atoms. The highest BCUT2D eigenvalue weighted by Gasteiger charge is 2.22. The molecule has 1 N–H and O–H groups in total. The molecule has 1 amide bonds. The Hall–Kier alpha value is -2.14. The third-order valence-electron chi connectivity index (χ3n) is 3.50. The molecule has 0 bridgehead atoms. The number of aryl methyl sites for hydroxylation is 1. The van der Waals surface area contributed by atoms with Gasteiger partial charge in [-0.2, -0.15) is 5.10 Å². The van der Waals surface area contributed by atoms with Gasteiger partial charge in [0.15, 0.2) is 5.78 Å². The molecule has 0 saturated heterocycles. The number of hydrogen-bond acceptors (Lipinski definition) is 3. The molecule has 2 rings (SSSR count). The lowest BCUT2D eigenvalue weighted by atomic mass is 9.92. The summed E-state index contributed by atoms with van der Waals surface area (Å²) >= 11 is 6.10. The fraction of sp³-hybridized carbons (Fsp3) is 0.353. The second-order valence-electron chi connectivity index (χ2n) is 6.49. The maximum absolute atomic E-state index is 12.5. The number of Topliss-reactive ketones (excluding diaryl/α,β-unsaturated/α-hetero) is 1. The minimum atomic E-state index is -0.321. The Morgan fingerprint density at radius 2 is 1.87 bits per heavy atom. The smallest absolute Gasteiger partial charge is 0.273 e. The summed E-state index contributed by atoms with van der Waals surface area (Å²) in [7, 11) is 1.72. The highest BCUT2D eigenvalue weighted by atomic mass is 35.5. The van der Waals surface area contributed by atoms with Crippen molar-refractivity contribution in [2.24, 2.45) is 7.05 Å². The van der Waals surface area contributed by atoms with E-state index in [0.717, 1.165) is 5.69 Å². The highest BCUT2D eigenvalue weighted by molar-refractivity contribution is 6.34. The molecule has 0 aliphatic rings. The van der Waals surface area contributed by atoms with E-state index in [4.69, 9.17) is 11.6 Å². The number of halogens is 1. The maximum Gasteiger partial charge on any atom is 0.273 e. The van der Waals surface area contributed by atoms with Crippen molar-refractivity contribution in [1.29, 1.82) is 0 Å². The van der Waals surface area contributed by atoms with E-state index >= 15 is 0 Å². The summed E-state index contributed by atoms with van der Waals surface area (Å²) < 4.78 is 1.54. The molecule has 6 heteroatoms. The first-order chi connectivity index (χ1) is 10.6. The number of ketones is 1. The second-order valence-corrected chi connectivity index (χ2v) is 6.90. The zero-order valence-corrected chi connectivity index (χ0v) is 14.7. The number of amides is 1. The van der Waals surface area contributed by atoms with Gasteiger partial charge in [0, 0.05) is 18.0 Å². The van der Waals surface area contributed by atoms with Crippen LogP contribution in [0.2, 0.25) is 5.02 Å². The number of carbonyl (C=O) groups excluding carboxylic acids is 2. The molecule has 0 atom stereocenters. The Labute approximate surface area is 140 Å². The van der Waals surface area contributed by atoms with E-state index in [1.54, 1.807) is 36.0 Å². The molecule has 1 aromatic carbocycles. The molecule has 0 saturated carbocycles. The number of anilines is 1. The van der Waals surface area contributed by atoms with E-state index in [-0.39, 0.29) is 17.1 Å². The molecular weight excluding hydrogens is 314 g/mol. The first kappa shape index (κ1) is 17.2. The van der Waals surface area contributed by atoms with Crippen LogP contribution in [-0.4, -0.2) is 21.5 Å². The van der Waals surface area contributed by atoms with Gasteiger partial charge >= 0.3 is 0 Å².